The highest BCUT2D eigenvalue weighted by molar-refractivity contribution is 7.09. The first-order chi connectivity index (χ1) is 11.7. The molecule has 2 aromatic carbocycles. The van der Waals surface area contributed by atoms with Crippen molar-refractivity contribution in [2.24, 2.45) is 0 Å². The fourth-order valence-corrected chi connectivity index (χ4v) is 3.05. The molecule has 0 fully saturated rings. The molecule has 3 aromatic rings. The number of rotatable bonds is 6. The first-order valence-corrected chi connectivity index (χ1v) is 8.36. The molecule has 1 N–H and O–H groups in total. The van der Waals surface area contributed by atoms with Crippen LogP contribution in [0.1, 0.15) is 18.5 Å². The third-order valence-electron chi connectivity index (χ3n) is 3.71. The molecule has 0 saturated heterocycles. The van der Waals surface area contributed by atoms with Crippen LogP contribution in [0.2, 0.25) is 0 Å². The van der Waals surface area contributed by atoms with E-state index in [0.717, 1.165) is 27.8 Å². The van der Waals surface area contributed by atoms with E-state index in [1.54, 1.807) is 14.2 Å². The maximum Gasteiger partial charge on any atom is 0.203 e. The van der Waals surface area contributed by atoms with Crippen LogP contribution in [-0.2, 0) is 0 Å². The lowest BCUT2D eigenvalue weighted by Crippen LogP contribution is -2.06. The van der Waals surface area contributed by atoms with Crippen LogP contribution >= 0.6 is 11.5 Å². The average Bonchev–Trinajstić information content (AvgIpc) is 3.10. The van der Waals surface area contributed by atoms with Gasteiger partial charge >= 0.3 is 0 Å². The molecule has 0 bridgehead atoms. The Morgan fingerprint density at radius 2 is 1.75 bits per heavy atom. The molecule has 5 nitrogen and oxygen atoms in total. The number of methoxy groups -OCH3 is 2. The molecule has 3 rings (SSSR count). The molecule has 1 heterocycles. The average molecular weight is 341 g/mol. The van der Waals surface area contributed by atoms with Crippen molar-refractivity contribution in [3.8, 4) is 22.9 Å². The molecule has 0 amide bonds. The highest BCUT2D eigenvalue weighted by atomic mass is 32.1. The van der Waals surface area contributed by atoms with Crippen molar-refractivity contribution < 1.29 is 9.47 Å². The molecule has 1 aromatic heterocycles. The second kappa shape index (κ2) is 7.31. The minimum Gasteiger partial charge on any atom is -0.493 e. The summed E-state index contributed by atoms with van der Waals surface area (Å²) in [6.45, 7) is 2.07. The van der Waals surface area contributed by atoms with Gasteiger partial charge in [0.1, 0.15) is 0 Å². The molecule has 1 atom stereocenters. The number of nitrogens with zero attached hydrogens (tertiary/aromatic N) is 2. The quantitative estimate of drug-likeness (QED) is 0.720. The van der Waals surface area contributed by atoms with Crippen LogP contribution in [0.5, 0.6) is 11.5 Å². The van der Waals surface area contributed by atoms with Gasteiger partial charge in [-0.2, -0.15) is 9.36 Å². The third-order valence-corrected chi connectivity index (χ3v) is 4.35. The molecule has 0 saturated carbocycles. The standard InChI is InChI=1S/C18H19N3O2S/c1-12(14-9-10-15(22-2)16(11-14)23-3)19-18-20-17(21-24-18)13-7-5-4-6-8-13/h4-12H,1-3H3,(H,19,20,21). The van der Waals surface area contributed by atoms with Gasteiger partial charge in [0, 0.05) is 17.1 Å². The largest absolute Gasteiger partial charge is 0.493 e. The van der Waals surface area contributed by atoms with Crippen LogP contribution in [0.3, 0.4) is 0 Å². The topological polar surface area (TPSA) is 56.3 Å². The highest BCUT2D eigenvalue weighted by Crippen LogP contribution is 2.31. The molecule has 6 heteroatoms. The van der Waals surface area contributed by atoms with E-state index in [-0.39, 0.29) is 6.04 Å². The van der Waals surface area contributed by atoms with E-state index >= 15 is 0 Å². The van der Waals surface area contributed by atoms with Crippen molar-refractivity contribution in [2.75, 3.05) is 19.5 Å². The third kappa shape index (κ3) is 3.49. The Kier molecular flexibility index (Phi) is 4.96. The zero-order chi connectivity index (χ0) is 16.9. The molecule has 0 aliphatic heterocycles. The lowest BCUT2D eigenvalue weighted by molar-refractivity contribution is 0.354. The summed E-state index contributed by atoms with van der Waals surface area (Å²) in [5, 5.41) is 4.17. The molecule has 24 heavy (non-hydrogen) atoms. The number of nitrogens with one attached hydrogen (secondary N) is 1. The van der Waals surface area contributed by atoms with E-state index in [2.05, 4.69) is 21.6 Å². The van der Waals surface area contributed by atoms with Gasteiger partial charge in [0.25, 0.3) is 0 Å². The van der Waals surface area contributed by atoms with Gasteiger partial charge < -0.3 is 14.8 Å². The predicted molar refractivity (Wildman–Crippen MR) is 96.9 cm³/mol. The Bertz CT molecular complexity index is 805. The molecule has 0 radical (unpaired) electrons. The first kappa shape index (κ1) is 16.3. The fraction of sp³-hybridized carbons (Fsp3) is 0.222. The van der Waals surface area contributed by atoms with Gasteiger partial charge in [-0.05, 0) is 24.6 Å². The summed E-state index contributed by atoms with van der Waals surface area (Å²) in [4.78, 5) is 4.56. The monoisotopic (exact) mass is 341 g/mol. The smallest absolute Gasteiger partial charge is 0.203 e. The number of hydrogen-bond donors (Lipinski definition) is 1. The number of benzene rings is 2. The first-order valence-electron chi connectivity index (χ1n) is 7.59. The summed E-state index contributed by atoms with van der Waals surface area (Å²) in [7, 11) is 3.27. The molecular formula is C18H19N3O2S. The van der Waals surface area contributed by atoms with Gasteiger partial charge in [-0.1, -0.05) is 36.4 Å². The summed E-state index contributed by atoms with van der Waals surface area (Å²) < 4.78 is 15.1. The Morgan fingerprint density at radius 1 is 1.00 bits per heavy atom. The molecule has 1 unspecified atom stereocenters. The van der Waals surface area contributed by atoms with Gasteiger partial charge in [-0.25, -0.2) is 0 Å². The molecule has 0 aliphatic rings. The summed E-state index contributed by atoms with van der Waals surface area (Å²) in [6, 6.07) is 15.9. The van der Waals surface area contributed by atoms with Crippen LogP contribution in [0, 0.1) is 0 Å². The molecule has 0 aliphatic carbocycles. The summed E-state index contributed by atoms with van der Waals surface area (Å²) in [6.07, 6.45) is 0. The van der Waals surface area contributed by atoms with E-state index in [0.29, 0.717) is 5.75 Å². The Morgan fingerprint density at radius 3 is 2.46 bits per heavy atom. The second-order valence-electron chi connectivity index (χ2n) is 5.27. The minimum atomic E-state index is 0.0707. The SMILES string of the molecule is COc1ccc(C(C)Nc2nc(-c3ccccc3)ns2)cc1OC. The van der Waals surface area contributed by atoms with E-state index in [1.807, 2.05) is 48.5 Å². The van der Waals surface area contributed by atoms with E-state index < -0.39 is 0 Å². The lowest BCUT2D eigenvalue weighted by atomic mass is 10.1. The van der Waals surface area contributed by atoms with Gasteiger partial charge in [0.05, 0.1) is 20.3 Å². The summed E-state index contributed by atoms with van der Waals surface area (Å²) in [5.41, 5.74) is 2.10. The number of anilines is 1. The summed E-state index contributed by atoms with van der Waals surface area (Å²) >= 11 is 1.36. The van der Waals surface area contributed by atoms with Crippen molar-refractivity contribution in [1.82, 2.24) is 9.36 Å². The van der Waals surface area contributed by atoms with Gasteiger partial charge in [-0.15, -0.1) is 0 Å². The lowest BCUT2D eigenvalue weighted by Gasteiger charge is -2.15. The minimum absolute atomic E-state index is 0.0707. The Balaban J connectivity index is 1.76. The van der Waals surface area contributed by atoms with Crippen LogP contribution in [0.25, 0.3) is 11.4 Å². The van der Waals surface area contributed by atoms with Crippen molar-refractivity contribution in [1.29, 1.82) is 0 Å². The van der Waals surface area contributed by atoms with E-state index in [4.69, 9.17) is 9.47 Å². The van der Waals surface area contributed by atoms with Crippen molar-refractivity contribution in [2.45, 2.75) is 13.0 Å². The zero-order valence-electron chi connectivity index (χ0n) is 13.8. The normalized spacial score (nSPS) is 11.8. The van der Waals surface area contributed by atoms with Gasteiger partial charge in [0.15, 0.2) is 17.3 Å². The van der Waals surface area contributed by atoms with E-state index in [1.165, 1.54) is 11.5 Å². The molecule has 124 valence electrons. The molecule has 0 spiro atoms. The van der Waals surface area contributed by atoms with Crippen molar-refractivity contribution in [3.63, 3.8) is 0 Å². The summed E-state index contributed by atoms with van der Waals surface area (Å²) in [5.74, 6) is 2.17. The Hall–Kier alpha value is -2.60. The predicted octanol–water partition coefficient (Wildman–Crippen LogP) is 4.40. The van der Waals surface area contributed by atoms with Gasteiger partial charge in [0.2, 0.25) is 5.13 Å². The van der Waals surface area contributed by atoms with Crippen LogP contribution < -0.4 is 14.8 Å². The van der Waals surface area contributed by atoms with Crippen LogP contribution in [0.4, 0.5) is 5.13 Å². The zero-order valence-corrected chi connectivity index (χ0v) is 14.6. The second-order valence-corrected chi connectivity index (χ2v) is 6.02. The molecular weight excluding hydrogens is 322 g/mol. The van der Waals surface area contributed by atoms with Crippen molar-refractivity contribution >= 4 is 16.7 Å². The maximum atomic E-state index is 5.36. The van der Waals surface area contributed by atoms with Crippen LogP contribution in [-0.4, -0.2) is 23.6 Å². The number of aromatic nitrogens is 2. The van der Waals surface area contributed by atoms with E-state index in [9.17, 15) is 0 Å². The van der Waals surface area contributed by atoms with Crippen LogP contribution in [0.15, 0.2) is 48.5 Å². The van der Waals surface area contributed by atoms with Gasteiger partial charge in [-0.3, -0.25) is 0 Å². The number of hydrogen-bond acceptors (Lipinski definition) is 6. The maximum absolute atomic E-state index is 5.36. The Labute approximate surface area is 145 Å². The fourth-order valence-electron chi connectivity index (χ4n) is 2.38. The van der Waals surface area contributed by atoms with Crippen molar-refractivity contribution in [3.05, 3.63) is 54.1 Å². The number of ether oxygens (including phenoxy) is 2. The highest BCUT2D eigenvalue weighted by Gasteiger charge is 2.13.